The van der Waals surface area contributed by atoms with E-state index in [1.165, 1.54) is 4.88 Å². The van der Waals surface area contributed by atoms with Crippen molar-refractivity contribution in [3.8, 4) is 11.8 Å². The number of hydrogen-bond acceptors (Lipinski definition) is 4. The zero-order valence-electron chi connectivity index (χ0n) is 10.4. The van der Waals surface area contributed by atoms with E-state index in [4.69, 9.17) is 10.00 Å². The molecule has 0 fully saturated rings. The molecule has 0 radical (unpaired) electrons. The Bertz CT molecular complexity index is 584. The molecule has 1 heterocycles. The molecular formula is C14H14N2OS. The van der Waals surface area contributed by atoms with E-state index in [1.807, 2.05) is 37.6 Å². The van der Waals surface area contributed by atoms with Crippen molar-refractivity contribution in [1.29, 1.82) is 5.26 Å². The summed E-state index contributed by atoms with van der Waals surface area (Å²) in [5.41, 5.74) is 4.57. The fourth-order valence-electron chi connectivity index (χ4n) is 1.68. The SMILES string of the molecule is Cc1ccc(OCCc2scnc2C)c(C#N)c1. The molecule has 0 bridgehead atoms. The topological polar surface area (TPSA) is 45.9 Å². The summed E-state index contributed by atoms with van der Waals surface area (Å²) in [6, 6.07) is 7.80. The Hall–Kier alpha value is -1.86. The summed E-state index contributed by atoms with van der Waals surface area (Å²) < 4.78 is 5.67. The number of aryl methyl sites for hydroxylation is 2. The fraction of sp³-hybridized carbons (Fsp3) is 0.286. The number of nitrogens with zero attached hydrogens (tertiary/aromatic N) is 2. The molecule has 0 saturated carbocycles. The monoisotopic (exact) mass is 258 g/mol. The van der Waals surface area contributed by atoms with Gasteiger partial charge in [0.1, 0.15) is 11.8 Å². The molecule has 2 aromatic rings. The molecule has 92 valence electrons. The van der Waals surface area contributed by atoms with Gasteiger partial charge in [0.2, 0.25) is 0 Å². The number of aromatic nitrogens is 1. The highest BCUT2D eigenvalue weighted by molar-refractivity contribution is 7.09. The van der Waals surface area contributed by atoms with Crippen molar-refractivity contribution in [3.63, 3.8) is 0 Å². The van der Waals surface area contributed by atoms with Gasteiger partial charge >= 0.3 is 0 Å². The minimum Gasteiger partial charge on any atom is -0.492 e. The van der Waals surface area contributed by atoms with E-state index in [0.717, 1.165) is 17.7 Å². The summed E-state index contributed by atoms with van der Waals surface area (Å²) in [5, 5.41) is 9.03. The van der Waals surface area contributed by atoms with E-state index in [2.05, 4.69) is 11.1 Å². The number of nitriles is 1. The molecule has 3 nitrogen and oxygen atoms in total. The van der Waals surface area contributed by atoms with Crippen LogP contribution in [0.5, 0.6) is 5.75 Å². The average Bonchev–Trinajstić information content (AvgIpc) is 2.77. The molecule has 0 unspecified atom stereocenters. The molecule has 0 aliphatic heterocycles. The van der Waals surface area contributed by atoms with Crippen LogP contribution >= 0.6 is 11.3 Å². The van der Waals surface area contributed by atoms with E-state index < -0.39 is 0 Å². The lowest BCUT2D eigenvalue weighted by Crippen LogP contribution is -2.02. The van der Waals surface area contributed by atoms with Crippen LogP contribution in [0.2, 0.25) is 0 Å². The highest BCUT2D eigenvalue weighted by Crippen LogP contribution is 2.20. The van der Waals surface area contributed by atoms with Gasteiger partial charge in [-0.25, -0.2) is 4.98 Å². The van der Waals surface area contributed by atoms with E-state index in [1.54, 1.807) is 11.3 Å². The van der Waals surface area contributed by atoms with Crippen molar-refractivity contribution in [3.05, 3.63) is 45.4 Å². The lowest BCUT2D eigenvalue weighted by molar-refractivity contribution is 0.321. The molecule has 18 heavy (non-hydrogen) atoms. The molecule has 0 spiro atoms. The van der Waals surface area contributed by atoms with Gasteiger partial charge in [-0.1, -0.05) is 6.07 Å². The summed E-state index contributed by atoms with van der Waals surface area (Å²) in [4.78, 5) is 5.43. The minimum atomic E-state index is 0.570. The summed E-state index contributed by atoms with van der Waals surface area (Å²) in [6.45, 7) is 4.53. The average molecular weight is 258 g/mol. The van der Waals surface area contributed by atoms with Gasteiger partial charge < -0.3 is 4.74 Å². The van der Waals surface area contributed by atoms with Gasteiger partial charge in [-0.3, -0.25) is 0 Å². The van der Waals surface area contributed by atoms with E-state index >= 15 is 0 Å². The molecular weight excluding hydrogens is 244 g/mol. The second-order valence-corrected chi connectivity index (χ2v) is 5.01. The Kier molecular flexibility index (Phi) is 3.96. The van der Waals surface area contributed by atoms with E-state index in [9.17, 15) is 0 Å². The van der Waals surface area contributed by atoms with Crippen LogP contribution in [0, 0.1) is 25.2 Å². The maximum atomic E-state index is 9.03. The van der Waals surface area contributed by atoms with Crippen LogP contribution in [0.1, 0.15) is 21.7 Å². The fourth-order valence-corrected chi connectivity index (χ4v) is 2.44. The number of benzene rings is 1. The van der Waals surface area contributed by atoms with Crippen LogP contribution in [-0.2, 0) is 6.42 Å². The summed E-state index contributed by atoms with van der Waals surface area (Å²) >= 11 is 1.64. The van der Waals surface area contributed by atoms with Crippen LogP contribution < -0.4 is 4.74 Å². The largest absolute Gasteiger partial charge is 0.492 e. The second kappa shape index (κ2) is 5.65. The van der Waals surface area contributed by atoms with Crippen LogP contribution in [-0.4, -0.2) is 11.6 Å². The van der Waals surface area contributed by atoms with Crippen molar-refractivity contribution in [1.82, 2.24) is 4.98 Å². The predicted molar refractivity (Wildman–Crippen MR) is 71.9 cm³/mol. The van der Waals surface area contributed by atoms with Gasteiger partial charge in [0, 0.05) is 11.3 Å². The highest BCUT2D eigenvalue weighted by Gasteiger charge is 2.05. The lowest BCUT2D eigenvalue weighted by atomic mass is 10.1. The Morgan fingerprint density at radius 3 is 2.89 bits per heavy atom. The zero-order chi connectivity index (χ0) is 13.0. The van der Waals surface area contributed by atoms with Crippen molar-refractivity contribution in [2.45, 2.75) is 20.3 Å². The molecule has 0 atom stereocenters. The van der Waals surface area contributed by atoms with Crippen molar-refractivity contribution < 1.29 is 4.74 Å². The van der Waals surface area contributed by atoms with Crippen molar-refractivity contribution in [2.75, 3.05) is 6.61 Å². The molecule has 0 aliphatic rings. The minimum absolute atomic E-state index is 0.570. The Morgan fingerprint density at radius 2 is 2.22 bits per heavy atom. The third kappa shape index (κ3) is 2.88. The number of ether oxygens (including phenoxy) is 1. The van der Waals surface area contributed by atoms with E-state index in [-0.39, 0.29) is 0 Å². The lowest BCUT2D eigenvalue weighted by Gasteiger charge is -2.07. The second-order valence-electron chi connectivity index (χ2n) is 4.07. The maximum Gasteiger partial charge on any atom is 0.137 e. The summed E-state index contributed by atoms with van der Waals surface area (Å²) in [5.74, 6) is 0.658. The molecule has 0 N–H and O–H groups in total. The first-order chi connectivity index (χ1) is 8.70. The van der Waals surface area contributed by atoms with Gasteiger partial charge in [0.25, 0.3) is 0 Å². The smallest absolute Gasteiger partial charge is 0.137 e. The molecule has 4 heteroatoms. The molecule has 1 aromatic carbocycles. The van der Waals surface area contributed by atoms with E-state index in [0.29, 0.717) is 17.9 Å². The standard InChI is InChI=1S/C14H14N2OS/c1-10-3-4-13(12(7-10)8-15)17-6-5-14-11(2)16-9-18-14/h3-4,7,9H,5-6H2,1-2H3. The first-order valence-electron chi connectivity index (χ1n) is 5.73. The third-order valence-corrected chi connectivity index (χ3v) is 3.68. The van der Waals surface area contributed by atoms with Gasteiger partial charge in [-0.2, -0.15) is 5.26 Å². The first-order valence-corrected chi connectivity index (χ1v) is 6.61. The Balaban J connectivity index is 1.99. The zero-order valence-corrected chi connectivity index (χ0v) is 11.3. The Labute approximate surface area is 111 Å². The maximum absolute atomic E-state index is 9.03. The predicted octanol–water partition coefficient (Wildman–Crippen LogP) is 3.25. The summed E-state index contributed by atoms with van der Waals surface area (Å²) in [7, 11) is 0. The highest BCUT2D eigenvalue weighted by atomic mass is 32.1. The summed E-state index contributed by atoms with van der Waals surface area (Å²) in [6.07, 6.45) is 0.829. The third-order valence-electron chi connectivity index (χ3n) is 2.69. The van der Waals surface area contributed by atoms with Crippen LogP contribution in [0.25, 0.3) is 0 Å². The first kappa shape index (κ1) is 12.6. The van der Waals surface area contributed by atoms with Crippen LogP contribution in [0.15, 0.2) is 23.7 Å². The molecule has 0 aliphatic carbocycles. The van der Waals surface area contributed by atoms with Gasteiger partial charge in [-0.15, -0.1) is 11.3 Å². The molecule has 0 amide bonds. The van der Waals surface area contributed by atoms with Gasteiger partial charge in [-0.05, 0) is 31.5 Å². The number of rotatable bonds is 4. The Morgan fingerprint density at radius 1 is 1.39 bits per heavy atom. The number of thiazole rings is 1. The molecule has 0 saturated heterocycles. The molecule has 2 rings (SSSR count). The van der Waals surface area contributed by atoms with Crippen molar-refractivity contribution >= 4 is 11.3 Å². The van der Waals surface area contributed by atoms with Crippen molar-refractivity contribution in [2.24, 2.45) is 0 Å². The normalized spacial score (nSPS) is 10.1. The number of hydrogen-bond donors (Lipinski definition) is 0. The molecule has 1 aromatic heterocycles. The quantitative estimate of drug-likeness (QED) is 0.845. The van der Waals surface area contributed by atoms with Gasteiger partial charge in [0.15, 0.2) is 0 Å². The van der Waals surface area contributed by atoms with Crippen LogP contribution in [0.3, 0.4) is 0 Å². The van der Waals surface area contributed by atoms with Gasteiger partial charge in [0.05, 0.1) is 23.4 Å². The van der Waals surface area contributed by atoms with Crippen LogP contribution in [0.4, 0.5) is 0 Å².